The van der Waals surface area contributed by atoms with Crippen LogP contribution in [-0.2, 0) is 0 Å². The second-order valence-electron chi connectivity index (χ2n) is 18.9. The van der Waals surface area contributed by atoms with Crippen molar-refractivity contribution < 1.29 is 8.83 Å². The molecule has 0 saturated heterocycles. The number of hydrogen-bond acceptors (Lipinski definition) is 4. The summed E-state index contributed by atoms with van der Waals surface area (Å²) in [6.45, 7) is 8.97. The van der Waals surface area contributed by atoms with Gasteiger partial charge in [0.05, 0.1) is 11.4 Å². The first kappa shape index (κ1) is 40.0. The Labute approximate surface area is 394 Å². The highest BCUT2D eigenvalue weighted by Gasteiger charge is 2.21. The molecule has 68 heavy (non-hydrogen) atoms. The van der Waals surface area contributed by atoms with Crippen molar-refractivity contribution in [2.24, 2.45) is 0 Å². The Bertz CT molecular complexity index is 3820. The molecule has 0 spiro atoms. The molecule has 2 heterocycles. The molecule has 0 aliphatic carbocycles. The van der Waals surface area contributed by atoms with Crippen molar-refractivity contribution in [2.45, 2.75) is 39.5 Å². The molecule has 0 atom stereocenters. The third kappa shape index (κ3) is 6.43. The van der Waals surface area contributed by atoms with Crippen LogP contribution in [0.4, 0.5) is 34.1 Å². The number of fused-ring (bicyclic) bond motifs is 12. The van der Waals surface area contributed by atoms with Gasteiger partial charge in [0.1, 0.15) is 22.3 Å². The van der Waals surface area contributed by atoms with Gasteiger partial charge in [0.25, 0.3) is 0 Å². The summed E-state index contributed by atoms with van der Waals surface area (Å²) in [5.41, 5.74) is 12.8. The summed E-state index contributed by atoms with van der Waals surface area (Å²) in [5.74, 6) is 0.910. The van der Waals surface area contributed by atoms with Crippen molar-refractivity contribution in [3.05, 3.63) is 217 Å². The Hall–Kier alpha value is -8.34. The van der Waals surface area contributed by atoms with Crippen LogP contribution in [0.5, 0.6) is 0 Å². The van der Waals surface area contributed by atoms with E-state index in [4.69, 9.17) is 8.83 Å². The maximum absolute atomic E-state index is 6.86. The molecule has 0 radical (unpaired) electrons. The Balaban J connectivity index is 0.906. The van der Waals surface area contributed by atoms with Gasteiger partial charge in [-0.3, -0.25) is 0 Å². The highest BCUT2D eigenvalue weighted by atomic mass is 16.3. The Morgan fingerprint density at radius 1 is 0.294 bits per heavy atom. The van der Waals surface area contributed by atoms with Crippen LogP contribution in [0.2, 0.25) is 0 Å². The van der Waals surface area contributed by atoms with Crippen LogP contribution < -0.4 is 9.80 Å². The van der Waals surface area contributed by atoms with Gasteiger partial charge in [-0.2, -0.15) is 0 Å². The lowest BCUT2D eigenvalue weighted by atomic mass is 10.0. The van der Waals surface area contributed by atoms with Gasteiger partial charge in [-0.25, -0.2) is 0 Å². The largest absolute Gasteiger partial charge is 0.455 e. The van der Waals surface area contributed by atoms with E-state index in [1.165, 1.54) is 32.7 Å². The van der Waals surface area contributed by atoms with E-state index in [1.807, 2.05) is 0 Å². The van der Waals surface area contributed by atoms with Gasteiger partial charge in [-0.15, -0.1) is 0 Å². The number of benzene rings is 11. The minimum Gasteiger partial charge on any atom is -0.455 e. The highest BCUT2D eigenvalue weighted by molar-refractivity contribution is 6.22. The highest BCUT2D eigenvalue weighted by Crippen LogP contribution is 2.46. The summed E-state index contributed by atoms with van der Waals surface area (Å²) in [4.78, 5) is 4.76. The minimum atomic E-state index is 0.455. The van der Waals surface area contributed by atoms with E-state index in [-0.39, 0.29) is 0 Å². The van der Waals surface area contributed by atoms with Crippen LogP contribution >= 0.6 is 0 Å². The second-order valence-corrected chi connectivity index (χ2v) is 18.9. The number of hydrogen-bond donors (Lipinski definition) is 0. The monoisotopic (exact) mass is 876 g/mol. The molecular formula is C64H48N2O2. The van der Waals surface area contributed by atoms with Crippen molar-refractivity contribution in [1.29, 1.82) is 0 Å². The zero-order valence-corrected chi connectivity index (χ0v) is 38.5. The summed E-state index contributed by atoms with van der Waals surface area (Å²) >= 11 is 0. The maximum atomic E-state index is 6.86. The van der Waals surface area contributed by atoms with Crippen LogP contribution in [0.3, 0.4) is 0 Å². The zero-order valence-electron chi connectivity index (χ0n) is 38.5. The Morgan fingerprint density at radius 3 is 1.10 bits per heavy atom. The minimum absolute atomic E-state index is 0.455. The zero-order chi connectivity index (χ0) is 45.6. The quantitative estimate of drug-likeness (QED) is 0.152. The fourth-order valence-electron chi connectivity index (χ4n) is 10.5. The smallest absolute Gasteiger partial charge is 0.143 e. The van der Waals surface area contributed by atoms with E-state index in [0.717, 1.165) is 99.5 Å². The number of anilines is 6. The first-order valence-electron chi connectivity index (χ1n) is 23.8. The van der Waals surface area contributed by atoms with E-state index < -0.39 is 0 Å². The summed E-state index contributed by atoms with van der Waals surface area (Å²) in [6, 6.07) is 75.1. The molecule has 0 bridgehead atoms. The van der Waals surface area contributed by atoms with Crippen molar-refractivity contribution >= 4 is 121 Å². The molecule has 13 rings (SSSR count). The standard InChI is InChI=1S/C64H48N2O2/c1-39(2)41-19-25-47(26-20-41)65(59-17-9-13-43-11-5-7-15-51(43)59)49-29-33-53-45(35-49)23-31-55-57-37-62-58(38-61(57)67-63(53)55)56-32-24-46-36-50(30-34-54(46)64(56)68-62)66(48-27-21-42(22-28-48)40(3)4)60-18-10-14-44-12-6-8-16-52(44)60/h5-40H,1-4H3. The molecule has 326 valence electrons. The van der Waals surface area contributed by atoms with Gasteiger partial charge in [0.15, 0.2) is 0 Å². The molecule has 4 heteroatoms. The van der Waals surface area contributed by atoms with Crippen LogP contribution in [0.15, 0.2) is 215 Å². The molecule has 0 fully saturated rings. The van der Waals surface area contributed by atoms with E-state index >= 15 is 0 Å². The van der Waals surface area contributed by atoms with Gasteiger partial charge in [-0.1, -0.05) is 137 Å². The molecular weight excluding hydrogens is 829 g/mol. The number of rotatable bonds is 8. The van der Waals surface area contributed by atoms with Crippen molar-refractivity contribution in [3.63, 3.8) is 0 Å². The molecule has 0 N–H and O–H groups in total. The molecule has 2 aromatic heterocycles. The molecule has 0 aliphatic rings. The van der Waals surface area contributed by atoms with E-state index in [1.54, 1.807) is 0 Å². The summed E-state index contributed by atoms with van der Waals surface area (Å²) in [6.07, 6.45) is 0. The van der Waals surface area contributed by atoms with Crippen LogP contribution in [0.25, 0.3) is 87.0 Å². The van der Waals surface area contributed by atoms with E-state index in [0.29, 0.717) is 11.8 Å². The SMILES string of the molecule is CC(C)c1ccc(N(c2ccc3c(ccc4c5cc6oc7c8ccc(N(c9ccc(C(C)C)cc9)c9cccc%10ccccc9%10)cc8ccc7c6cc5oc34)c2)c2cccc3ccccc23)cc1. The Morgan fingerprint density at radius 2 is 0.676 bits per heavy atom. The average molecular weight is 877 g/mol. The molecule has 0 unspecified atom stereocenters. The number of nitrogens with zero attached hydrogens (tertiary/aromatic N) is 2. The van der Waals surface area contributed by atoms with Crippen molar-refractivity contribution in [3.8, 4) is 0 Å². The van der Waals surface area contributed by atoms with Crippen LogP contribution in [0, 0.1) is 0 Å². The molecule has 11 aromatic carbocycles. The predicted octanol–water partition coefficient (Wildman–Crippen LogP) is 19.3. The van der Waals surface area contributed by atoms with Crippen LogP contribution in [0.1, 0.15) is 50.7 Å². The molecule has 13 aromatic rings. The predicted molar refractivity (Wildman–Crippen MR) is 289 cm³/mol. The van der Waals surface area contributed by atoms with Gasteiger partial charge in [0.2, 0.25) is 0 Å². The van der Waals surface area contributed by atoms with E-state index in [9.17, 15) is 0 Å². The van der Waals surface area contributed by atoms with Crippen LogP contribution in [-0.4, -0.2) is 0 Å². The topological polar surface area (TPSA) is 32.8 Å². The van der Waals surface area contributed by atoms with Gasteiger partial charge in [0, 0.05) is 65.8 Å². The van der Waals surface area contributed by atoms with Crippen molar-refractivity contribution in [2.75, 3.05) is 9.80 Å². The first-order valence-corrected chi connectivity index (χ1v) is 23.8. The summed E-state index contributed by atoms with van der Waals surface area (Å²) in [5, 5.41) is 13.4. The third-order valence-electron chi connectivity index (χ3n) is 14.2. The normalized spacial score (nSPS) is 12.1. The van der Waals surface area contributed by atoms with Gasteiger partial charge in [-0.05, 0) is 142 Å². The third-order valence-corrected chi connectivity index (χ3v) is 14.2. The maximum Gasteiger partial charge on any atom is 0.143 e. The molecule has 0 saturated carbocycles. The summed E-state index contributed by atoms with van der Waals surface area (Å²) < 4.78 is 13.7. The van der Waals surface area contributed by atoms with Crippen molar-refractivity contribution in [1.82, 2.24) is 0 Å². The molecule has 0 aliphatic heterocycles. The van der Waals surface area contributed by atoms with Gasteiger partial charge >= 0.3 is 0 Å². The lowest BCUT2D eigenvalue weighted by Crippen LogP contribution is -2.10. The fourth-order valence-corrected chi connectivity index (χ4v) is 10.5. The summed E-state index contributed by atoms with van der Waals surface area (Å²) in [7, 11) is 0. The number of furan rings is 2. The lowest BCUT2D eigenvalue weighted by Gasteiger charge is -2.27. The fraction of sp³-hybridized carbons (Fsp3) is 0.0938. The second kappa shape index (κ2) is 15.6. The average Bonchev–Trinajstić information content (AvgIpc) is 3.94. The lowest BCUT2D eigenvalue weighted by molar-refractivity contribution is 0.667. The first-order chi connectivity index (χ1) is 33.3. The Kier molecular flexibility index (Phi) is 9.20. The molecule has 0 amide bonds. The molecule has 4 nitrogen and oxygen atoms in total. The van der Waals surface area contributed by atoms with E-state index in [2.05, 4.69) is 244 Å². The van der Waals surface area contributed by atoms with Gasteiger partial charge < -0.3 is 18.6 Å².